The van der Waals surface area contributed by atoms with E-state index in [9.17, 15) is 4.79 Å². The lowest BCUT2D eigenvalue weighted by molar-refractivity contribution is -0.137. The van der Waals surface area contributed by atoms with Gasteiger partial charge >= 0.3 is 5.97 Å². The molecule has 0 fully saturated rings. The Balaban J connectivity index is 3.54. The molecule has 0 saturated heterocycles. The first-order valence-electron chi connectivity index (χ1n) is 4.01. The molecule has 0 aromatic rings. The first kappa shape index (κ1) is 10.9. The number of rotatable bonds is 6. The van der Waals surface area contributed by atoms with Crippen LogP contribution in [-0.2, 0) is 4.79 Å². The fourth-order valence-electron chi connectivity index (χ4n) is 0.890. The average Bonchev–Trinajstić information content (AvgIpc) is 2.05. The van der Waals surface area contributed by atoms with Crippen molar-refractivity contribution in [2.24, 2.45) is 0 Å². The summed E-state index contributed by atoms with van der Waals surface area (Å²) in [5, 5.41) is 16.7. The molecule has 0 unspecified atom stereocenters. The van der Waals surface area contributed by atoms with Crippen molar-refractivity contribution in [3.8, 4) is 6.07 Å². The van der Waals surface area contributed by atoms with Crippen LogP contribution in [0.3, 0.4) is 0 Å². The Morgan fingerprint density at radius 2 is 2.25 bits per heavy atom. The molecule has 0 saturated carbocycles. The highest BCUT2D eigenvalue weighted by atomic mass is 16.4. The molecule has 0 spiro atoms. The number of nitrogens with zero attached hydrogens (tertiary/aromatic N) is 2. The summed E-state index contributed by atoms with van der Waals surface area (Å²) >= 11 is 0. The Bertz CT molecular complexity index is 174. The average molecular weight is 170 g/mol. The molecule has 0 bridgehead atoms. The number of carboxylic acids is 1. The van der Waals surface area contributed by atoms with E-state index < -0.39 is 5.97 Å². The standard InChI is InChI=1S/C8H14N2O2/c1-2-10(6-3-5-9)7-4-8(11)12/h2-4,6-7H2,1H3,(H,11,12). The summed E-state index contributed by atoms with van der Waals surface area (Å²) in [6, 6.07) is 2.03. The van der Waals surface area contributed by atoms with Crippen molar-refractivity contribution in [2.45, 2.75) is 19.8 Å². The first-order chi connectivity index (χ1) is 5.70. The monoisotopic (exact) mass is 170 g/mol. The second kappa shape index (κ2) is 6.62. The molecular formula is C8H14N2O2. The van der Waals surface area contributed by atoms with E-state index in [1.54, 1.807) is 0 Å². The minimum Gasteiger partial charge on any atom is -0.481 e. The molecular weight excluding hydrogens is 156 g/mol. The van der Waals surface area contributed by atoms with Crippen LogP contribution in [0.5, 0.6) is 0 Å². The molecule has 0 aromatic heterocycles. The quantitative estimate of drug-likeness (QED) is 0.637. The highest BCUT2D eigenvalue weighted by Crippen LogP contribution is 1.92. The van der Waals surface area contributed by atoms with Crippen molar-refractivity contribution in [2.75, 3.05) is 19.6 Å². The van der Waals surface area contributed by atoms with Crippen molar-refractivity contribution in [3.05, 3.63) is 0 Å². The number of hydrogen-bond acceptors (Lipinski definition) is 3. The molecule has 0 radical (unpaired) electrons. The molecule has 0 aromatic carbocycles. The van der Waals surface area contributed by atoms with Gasteiger partial charge in [-0.3, -0.25) is 4.79 Å². The van der Waals surface area contributed by atoms with Crippen LogP contribution in [0.4, 0.5) is 0 Å². The maximum Gasteiger partial charge on any atom is 0.304 e. The fraction of sp³-hybridized carbons (Fsp3) is 0.750. The Labute approximate surface area is 72.4 Å². The van der Waals surface area contributed by atoms with Gasteiger partial charge in [0.2, 0.25) is 0 Å². The van der Waals surface area contributed by atoms with E-state index in [-0.39, 0.29) is 6.42 Å². The number of carbonyl (C=O) groups is 1. The van der Waals surface area contributed by atoms with Gasteiger partial charge in [0.05, 0.1) is 12.5 Å². The predicted octanol–water partition coefficient (Wildman–Crippen LogP) is 0.697. The lowest BCUT2D eigenvalue weighted by Gasteiger charge is -2.16. The lowest BCUT2D eigenvalue weighted by atomic mass is 10.3. The van der Waals surface area contributed by atoms with Gasteiger partial charge in [-0.05, 0) is 6.54 Å². The van der Waals surface area contributed by atoms with Crippen LogP contribution >= 0.6 is 0 Å². The SMILES string of the molecule is CCN(CCC#N)CCC(=O)O. The molecule has 68 valence electrons. The highest BCUT2D eigenvalue weighted by Gasteiger charge is 2.03. The zero-order chi connectivity index (χ0) is 9.40. The van der Waals surface area contributed by atoms with Crippen LogP contribution < -0.4 is 0 Å². The Morgan fingerprint density at radius 3 is 2.67 bits per heavy atom. The summed E-state index contributed by atoms with van der Waals surface area (Å²) in [6.07, 6.45) is 0.618. The van der Waals surface area contributed by atoms with Crippen molar-refractivity contribution >= 4 is 5.97 Å². The summed E-state index contributed by atoms with van der Waals surface area (Å²) < 4.78 is 0. The van der Waals surface area contributed by atoms with E-state index in [4.69, 9.17) is 10.4 Å². The van der Waals surface area contributed by atoms with Gasteiger partial charge < -0.3 is 10.0 Å². The third kappa shape index (κ3) is 5.69. The van der Waals surface area contributed by atoms with Gasteiger partial charge in [0.25, 0.3) is 0 Å². The maximum atomic E-state index is 10.2. The normalized spacial score (nSPS) is 9.75. The van der Waals surface area contributed by atoms with Crippen molar-refractivity contribution in [1.82, 2.24) is 4.90 Å². The summed E-state index contributed by atoms with van der Waals surface area (Å²) in [5.41, 5.74) is 0. The zero-order valence-corrected chi connectivity index (χ0v) is 7.29. The predicted molar refractivity (Wildman–Crippen MR) is 44.6 cm³/mol. The van der Waals surface area contributed by atoms with Crippen LogP contribution in [0.2, 0.25) is 0 Å². The fourth-order valence-corrected chi connectivity index (χ4v) is 0.890. The lowest BCUT2D eigenvalue weighted by Crippen LogP contribution is -2.27. The minimum atomic E-state index is -0.787. The molecule has 0 heterocycles. The number of aliphatic carboxylic acids is 1. The van der Waals surface area contributed by atoms with Crippen LogP contribution in [0.25, 0.3) is 0 Å². The van der Waals surface area contributed by atoms with Gasteiger partial charge in [0.15, 0.2) is 0 Å². The van der Waals surface area contributed by atoms with E-state index in [1.165, 1.54) is 0 Å². The third-order valence-electron chi connectivity index (χ3n) is 1.63. The zero-order valence-electron chi connectivity index (χ0n) is 7.29. The second-order valence-corrected chi connectivity index (χ2v) is 2.49. The molecule has 0 rings (SSSR count). The molecule has 12 heavy (non-hydrogen) atoms. The first-order valence-corrected chi connectivity index (χ1v) is 4.01. The minimum absolute atomic E-state index is 0.152. The third-order valence-corrected chi connectivity index (χ3v) is 1.63. The molecule has 1 N–H and O–H groups in total. The number of hydrogen-bond donors (Lipinski definition) is 1. The Hall–Kier alpha value is -1.08. The molecule has 0 atom stereocenters. The molecule has 0 amide bonds. The molecule has 0 aliphatic heterocycles. The summed E-state index contributed by atoms with van der Waals surface area (Å²) in [5.74, 6) is -0.787. The van der Waals surface area contributed by atoms with Crippen LogP contribution in [0.15, 0.2) is 0 Å². The maximum absolute atomic E-state index is 10.2. The van der Waals surface area contributed by atoms with Gasteiger partial charge in [-0.1, -0.05) is 6.92 Å². The molecule has 0 aliphatic rings. The van der Waals surface area contributed by atoms with Crippen LogP contribution in [0, 0.1) is 11.3 Å². The van der Waals surface area contributed by atoms with Gasteiger partial charge in [-0.15, -0.1) is 0 Å². The van der Waals surface area contributed by atoms with Crippen molar-refractivity contribution in [1.29, 1.82) is 5.26 Å². The highest BCUT2D eigenvalue weighted by molar-refractivity contribution is 5.66. The molecule has 4 nitrogen and oxygen atoms in total. The van der Waals surface area contributed by atoms with E-state index in [0.717, 1.165) is 6.54 Å². The summed E-state index contributed by atoms with van der Waals surface area (Å²) in [6.45, 7) is 3.96. The van der Waals surface area contributed by atoms with Crippen molar-refractivity contribution in [3.63, 3.8) is 0 Å². The summed E-state index contributed by atoms with van der Waals surface area (Å²) in [4.78, 5) is 12.2. The number of carboxylic acid groups (broad SMARTS) is 1. The topological polar surface area (TPSA) is 64.3 Å². The summed E-state index contributed by atoms with van der Waals surface area (Å²) in [7, 11) is 0. The van der Waals surface area contributed by atoms with Gasteiger partial charge in [-0.2, -0.15) is 5.26 Å². The van der Waals surface area contributed by atoms with E-state index in [2.05, 4.69) is 0 Å². The van der Waals surface area contributed by atoms with Crippen LogP contribution in [-0.4, -0.2) is 35.6 Å². The van der Waals surface area contributed by atoms with Gasteiger partial charge in [0, 0.05) is 19.5 Å². The molecule has 4 heteroatoms. The number of nitriles is 1. The second-order valence-electron chi connectivity index (χ2n) is 2.49. The smallest absolute Gasteiger partial charge is 0.304 e. The van der Waals surface area contributed by atoms with E-state index in [1.807, 2.05) is 17.9 Å². The largest absolute Gasteiger partial charge is 0.481 e. The Morgan fingerprint density at radius 1 is 1.58 bits per heavy atom. The van der Waals surface area contributed by atoms with E-state index >= 15 is 0 Å². The van der Waals surface area contributed by atoms with Gasteiger partial charge in [-0.25, -0.2) is 0 Å². The Kier molecular flexibility index (Phi) is 6.02. The van der Waals surface area contributed by atoms with E-state index in [0.29, 0.717) is 19.5 Å². The molecule has 0 aliphatic carbocycles. The van der Waals surface area contributed by atoms with Crippen molar-refractivity contribution < 1.29 is 9.90 Å². The van der Waals surface area contributed by atoms with Crippen LogP contribution in [0.1, 0.15) is 19.8 Å². The van der Waals surface area contributed by atoms with Gasteiger partial charge in [0.1, 0.15) is 0 Å².